The first-order valence-electron chi connectivity index (χ1n) is 7.25. The maximum absolute atomic E-state index is 5.34. The Hall–Kier alpha value is -2.16. The highest BCUT2D eigenvalue weighted by Crippen LogP contribution is 2.32. The van der Waals surface area contributed by atoms with Gasteiger partial charge in [-0.1, -0.05) is 30.3 Å². The summed E-state index contributed by atoms with van der Waals surface area (Å²) >= 11 is 0. The van der Waals surface area contributed by atoms with E-state index in [2.05, 4.69) is 42.6 Å². The molecule has 2 aromatic carbocycles. The van der Waals surface area contributed by atoms with Gasteiger partial charge < -0.3 is 14.8 Å². The minimum Gasteiger partial charge on any atom is -0.493 e. The van der Waals surface area contributed by atoms with Gasteiger partial charge in [0.2, 0.25) is 0 Å². The zero-order chi connectivity index (χ0) is 15.1. The van der Waals surface area contributed by atoms with Gasteiger partial charge in [-0.15, -0.1) is 0 Å². The SMILES string of the molecule is COc1cc(C)c(NCCCc2ccccc2)cc1OC. The lowest BCUT2D eigenvalue weighted by atomic mass is 10.1. The Morgan fingerprint density at radius 2 is 1.62 bits per heavy atom. The number of nitrogens with one attached hydrogen (secondary N) is 1. The molecule has 0 heterocycles. The molecule has 0 atom stereocenters. The van der Waals surface area contributed by atoms with Crippen LogP contribution in [0.3, 0.4) is 0 Å². The summed E-state index contributed by atoms with van der Waals surface area (Å²) in [6, 6.07) is 14.6. The predicted octanol–water partition coefficient (Wildman–Crippen LogP) is 4.06. The van der Waals surface area contributed by atoms with Gasteiger partial charge in [0.1, 0.15) is 0 Å². The highest BCUT2D eigenvalue weighted by Gasteiger charge is 2.07. The Labute approximate surface area is 126 Å². The number of ether oxygens (including phenoxy) is 2. The van der Waals surface area contributed by atoms with Crippen LogP contribution >= 0.6 is 0 Å². The smallest absolute Gasteiger partial charge is 0.162 e. The standard InChI is InChI=1S/C18H23NO2/c1-14-12-17(20-2)18(21-3)13-16(14)19-11-7-10-15-8-5-4-6-9-15/h4-6,8-9,12-13,19H,7,10-11H2,1-3H3. The molecule has 0 radical (unpaired) electrons. The first-order chi connectivity index (χ1) is 10.2. The lowest BCUT2D eigenvalue weighted by Gasteiger charge is -2.14. The van der Waals surface area contributed by atoms with Crippen molar-refractivity contribution in [3.63, 3.8) is 0 Å². The minimum atomic E-state index is 0.758. The van der Waals surface area contributed by atoms with Gasteiger partial charge in [-0.3, -0.25) is 0 Å². The van der Waals surface area contributed by atoms with Crippen LogP contribution < -0.4 is 14.8 Å². The number of hydrogen-bond acceptors (Lipinski definition) is 3. The van der Waals surface area contributed by atoms with E-state index in [4.69, 9.17) is 9.47 Å². The third-order valence-electron chi connectivity index (χ3n) is 3.53. The first kappa shape index (κ1) is 15.2. The highest BCUT2D eigenvalue weighted by molar-refractivity contribution is 5.60. The van der Waals surface area contributed by atoms with Crippen molar-refractivity contribution in [3.8, 4) is 11.5 Å². The Morgan fingerprint density at radius 3 is 2.29 bits per heavy atom. The minimum absolute atomic E-state index is 0.758. The molecular formula is C18H23NO2. The molecule has 112 valence electrons. The topological polar surface area (TPSA) is 30.5 Å². The molecule has 0 aromatic heterocycles. The second kappa shape index (κ2) is 7.58. The second-order valence-electron chi connectivity index (χ2n) is 5.04. The van der Waals surface area contributed by atoms with Crippen LogP contribution in [0.25, 0.3) is 0 Å². The Bertz CT molecular complexity index is 567. The second-order valence-corrected chi connectivity index (χ2v) is 5.04. The molecule has 0 bridgehead atoms. The highest BCUT2D eigenvalue weighted by atomic mass is 16.5. The summed E-state index contributed by atoms with van der Waals surface area (Å²) in [6.45, 7) is 3.01. The van der Waals surface area contributed by atoms with Crippen molar-refractivity contribution in [2.45, 2.75) is 19.8 Å². The van der Waals surface area contributed by atoms with E-state index in [0.29, 0.717) is 0 Å². The van der Waals surface area contributed by atoms with E-state index < -0.39 is 0 Å². The summed E-state index contributed by atoms with van der Waals surface area (Å²) in [7, 11) is 3.32. The molecule has 21 heavy (non-hydrogen) atoms. The van der Waals surface area contributed by atoms with Crippen LogP contribution in [0, 0.1) is 6.92 Å². The number of anilines is 1. The maximum Gasteiger partial charge on any atom is 0.162 e. The van der Waals surface area contributed by atoms with Crippen molar-refractivity contribution >= 4 is 5.69 Å². The number of aryl methyl sites for hydroxylation is 2. The quantitative estimate of drug-likeness (QED) is 0.778. The van der Waals surface area contributed by atoms with Crippen LogP contribution in [0.1, 0.15) is 17.5 Å². The van der Waals surface area contributed by atoms with Gasteiger partial charge in [-0.2, -0.15) is 0 Å². The normalized spacial score (nSPS) is 10.2. The Morgan fingerprint density at radius 1 is 0.952 bits per heavy atom. The summed E-state index contributed by atoms with van der Waals surface area (Å²) in [5.41, 5.74) is 3.64. The van der Waals surface area contributed by atoms with E-state index in [1.165, 1.54) is 5.56 Å². The predicted molar refractivity (Wildman–Crippen MR) is 87.5 cm³/mol. The third-order valence-corrected chi connectivity index (χ3v) is 3.53. The van der Waals surface area contributed by atoms with Crippen LogP contribution in [0.4, 0.5) is 5.69 Å². The molecule has 0 saturated heterocycles. The van der Waals surface area contributed by atoms with Gasteiger partial charge in [0, 0.05) is 18.3 Å². The Kier molecular flexibility index (Phi) is 5.50. The van der Waals surface area contributed by atoms with Crippen molar-refractivity contribution in [3.05, 3.63) is 53.6 Å². The summed E-state index contributed by atoms with van der Waals surface area (Å²) in [6.07, 6.45) is 2.18. The summed E-state index contributed by atoms with van der Waals surface area (Å²) < 4.78 is 10.6. The molecule has 3 nitrogen and oxygen atoms in total. The molecule has 0 unspecified atom stereocenters. The van der Waals surface area contributed by atoms with E-state index >= 15 is 0 Å². The van der Waals surface area contributed by atoms with Crippen molar-refractivity contribution in [2.24, 2.45) is 0 Å². The molecular weight excluding hydrogens is 262 g/mol. The zero-order valence-electron chi connectivity index (χ0n) is 13.0. The van der Waals surface area contributed by atoms with E-state index in [-0.39, 0.29) is 0 Å². The van der Waals surface area contributed by atoms with Crippen molar-refractivity contribution in [1.29, 1.82) is 0 Å². The number of methoxy groups -OCH3 is 2. The molecule has 0 saturated carbocycles. The van der Waals surface area contributed by atoms with Gasteiger partial charge in [0.25, 0.3) is 0 Å². The monoisotopic (exact) mass is 285 g/mol. The number of benzene rings is 2. The maximum atomic E-state index is 5.34. The van der Waals surface area contributed by atoms with Gasteiger partial charge >= 0.3 is 0 Å². The molecule has 0 aliphatic carbocycles. The van der Waals surface area contributed by atoms with Gasteiger partial charge in [0.15, 0.2) is 11.5 Å². The van der Waals surface area contributed by atoms with E-state index in [9.17, 15) is 0 Å². The first-order valence-corrected chi connectivity index (χ1v) is 7.25. The largest absolute Gasteiger partial charge is 0.493 e. The lowest BCUT2D eigenvalue weighted by molar-refractivity contribution is 0.355. The fourth-order valence-corrected chi connectivity index (χ4v) is 2.33. The van der Waals surface area contributed by atoms with Gasteiger partial charge in [0.05, 0.1) is 14.2 Å². The number of rotatable bonds is 7. The Balaban J connectivity index is 1.91. The summed E-state index contributed by atoms with van der Waals surface area (Å²) in [5, 5.41) is 3.47. The van der Waals surface area contributed by atoms with Crippen LogP contribution in [-0.4, -0.2) is 20.8 Å². The van der Waals surface area contributed by atoms with Crippen LogP contribution in [-0.2, 0) is 6.42 Å². The molecule has 2 rings (SSSR count). The molecule has 0 spiro atoms. The molecule has 0 aliphatic heterocycles. The molecule has 0 fully saturated rings. The summed E-state index contributed by atoms with van der Waals surface area (Å²) in [4.78, 5) is 0. The van der Waals surface area contributed by atoms with E-state index in [1.54, 1.807) is 14.2 Å². The van der Waals surface area contributed by atoms with Crippen LogP contribution in [0.2, 0.25) is 0 Å². The lowest BCUT2D eigenvalue weighted by Crippen LogP contribution is -2.05. The van der Waals surface area contributed by atoms with Crippen molar-refractivity contribution in [2.75, 3.05) is 26.1 Å². The average molecular weight is 285 g/mol. The molecule has 0 amide bonds. The molecule has 3 heteroatoms. The van der Waals surface area contributed by atoms with E-state index in [0.717, 1.165) is 42.1 Å². The zero-order valence-corrected chi connectivity index (χ0v) is 13.0. The molecule has 1 N–H and O–H groups in total. The van der Waals surface area contributed by atoms with Crippen molar-refractivity contribution in [1.82, 2.24) is 0 Å². The third kappa shape index (κ3) is 4.15. The average Bonchev–Trinajstić information content (AvgIpc) is 2.53. The summed E-state index contributed by atoms with van der Waals surface area (Å²) in [5.74, 6) is 1.53. The fraction of sp³-hybridized carbons (Fsp3) is 0.333. The van der Waals surface area contributed by atoms with Crippen molar-refractivity contribution < 1.29 is 9.47 Å². The number of hydrogen-bond donors (Lipinski definition) is 1. The van der Waals surface area contributed by atoms with Crippen LogP contribution in [0.5, 0.6) is 11.5 Å². The fourth-order valence-electron chi connectivity index (χ4n) is 2.33. The molecule has 2 aromatic rings. The van der Waals surface area contributed by atoms with E-state index in [1.807, 2.05) is 12.1 Å². The van der Waals surface area contributed by atoms with Gasteiger partial charge in [-0.05, 0) is 37.0 Å². The van der Waals surface area contributed by atoms with Crippen LogP contribution in [0.15, 0.2) is 42.5 Å². The van der Waals surface area contributed by atoms with Gasteiger partial charge in [-0.25, -0.2) is 0 Å². The molecule has 0 aliphatic rings.